The highest BCUT2D eigenvalue weighted by Crippen LogP contribution is 2.18. The van der Waals surface area contributed by atoms with E-state index in [0.29, 0.717) is 22.8 Å². The average molecular weight is 321 g/mol. The Morgan fingerprint density at radius 3 is 2.74 bits per heavy atom. The van der Waals surface area contributed by atoms with Crippen molar-refractivity contribution >= 4 is 17.4 Å². The Morgan fingerprint density at radius 1 is 1.35 bits per heavy atom. The number of benzene rings is 1. The fourth-order valence-electron chi connectivity index (χ4n) is 2.04. The number of carbonyl (C=O) groups is 1. The molecule has 1 N–H and O–H groups in total. The molecule has 0 fully saturated rings. The highest BCUT2D eigenvalue weighted by molar-refractivity contribution is 6.00. The predicted molar refractivity (Wildman–Crippen MR) is 79.0 cm³/mol. The smallest absolute Gasteiger partial charge is 0.151 e. The highest BCUT2D eigenvalue weighted by atomic mass is 19.1. The summed E-state index contributed by atoms with van der Waals surface area (Å²) in [5.74, 6) is -1.50. The minimum atomic E-state index is -1.15. The molecule has 0 radical (unpaired) electrons. The summed E-state index contributed by atoms with van der Waals surface area (Å²) < 4.78 is 31.8. The minimum Gasteiger partial charge on any atom is -0.550 e. The van der Waals surface area contributed by atoms with E-state index in [9.17, 15) is 18.7 Å². The summed E-state index contributed by atoms with van der Waals surface area (Å²) in [5.41, 5.74) is 3.77. The van der Waals surface area contributed by atoms with Crippen LogP contribution >= 0.6 is 0 Å². The minimum absolute atomic E-state index is 0.0454. The van der Waals surface area contributed by atoms with Crippen LogP contribution in [0.1, 0.15) is 30.4 Å². The van der Waals surface area contributed by atoms with Crippen molar-refractivity contribution in [1.29, 1.82) is 0 Å². The van der Waals surface area contributed by atoms with Crippen LogP contribution in [0.15, 0.2) is 33.8 Å². The molecule has 0 saturated heterocycles. The lowest BCUT2D eigenvalue weighted by Crippen LogP contribution is -2.22. The van der Waals surface area contributed by atoms with Gasteiger partial charge in [-0.1, -0.05) is 0 Å². The van der Waals surface area contributed by atoms with E-state index >= 15 is 0 Å². The number of hydrogen-bond donors (Lipinski definition) is 1. The molecule has 0 unspecified atom stereocenters. The number of nitrogens with one attached hydrogen (secondary N) is 1. The van der Waals surface area contributed by atoms with E-state index in [1.54, 1.807) is 19.9 Å². The molecule has 0 aliphatic heterocycles. The second-order valence-corrected chi connectivity index (χ2v) is 4.99. The molecule has 0 atom stereocenters. The van der Waals surface area contributed by atoms with Crippen LogP contribution in [-0.4, -0.2) is 11.7 Å². The van der Waals surface area contributed by atoms with E-state index in [0.717, 1.165) is 12.1 Å². The molecule has 1 heterocycles. The molecular formula is C16H15F2N2O3-. The fourth-order valence-corrected chi connectivity index (χ4v) is 2.04. The normalized spacial score (nSPS) is 11.6. The van der Waals surface area contributed by atoms with Gasteiger partial charge in [0.25, 0.3) is 0 Å². The van der Waals surface area contributed by atoms with Gasteiger partial charge in [-0.05, 0) is 38.5 Å². The Morgan fingerprint density at radius 2 is 2.09 bits per heavy atom. The van der Waals surface area contributed by atoms with Gasteiger partial charge in [-0.3, -0.25) is 5.43 Å². The number of nitrogens with zero attached hydrogens (tertiary/aromatic N) is 1. The molecule has 2 rings (SSSR count). The molecule has 122 valence electrons. The van der Waals surface area contributed by atoms with Crippen molar-refractivity contribution in [2.24, 2.45) is 5.10 Å². The third-order valence-corrected chi connectivity index (χ3v) is 3.21. The molecule has 1 aromatic heterocycles. The predicted octanol–water partition coefficient (Wildman–Crippen LogP) is 2.38. The van der Waals surface area contributed by atoms with E-state index < -0.39 is 17.6 Å². The standard InChI is InChI=1S/C16H16F2N2O3/c1-9(19-20-15-5-3-11(17)7-14(15)18)13-8-12(23-10(13)2)4-6-16(21)22/h3,5,7-8,20H,4,6H2,1-2H3,(H,21,22)/p-1/b19-9-. The van der Waals surface area contributed by atoms with E-state index in [-0.39, 0.29) is 18.5 Å². The Balaban J connectivity index is 2.12. The molecule has 0 aliphatic carbocycles. The van der Waals surface area contributed by atoms with Crippen molar-refractivity contribution in [3.8, 4) is 0 Å². The molecule has 1 aromatic carbocycles. The van der Waals surface area contributed by atoms with Crippen LogP contribution in [0.2, 0.25) is 0 Å². The van der Waals surface area contributed by atoms with Gasteiger partial charge in [0.2, 0.25) is 0 Å². The van der Waals surface area contributed by atoms with Crippen molar-refractivity contribution < 1.29 is 23.1 Å². The Bertz CT molecular complexity index is 754. The monoisotopic (exact) mass is 321 g/mol. The van der Waals surface area contributed by atoms with Crippen molar-refractivity contribution in [2.45, 2.75) is 26.7 Å². The maximum atomic E-state index is 13.5. The molecular weight excluding hydrogens is 306 g/mol. The first-order valence-corrected chi connectivity index (χ1v) is 6.91. The summed E-state index contributed by atoms with van der Waals surface area (Å²) in [5, 5.41) is 14.5. The van der Waals surface area contributed by atoms with Crippen molar-refractivity contribution in [1.82, 2.24) is 0 Å². The summed E-state index contributed by atoms with van der Waals surface area (Å²) in [7, 11) is 0. The van der Waals surface area contributed by atoms with Crippen LogP contribution in [-0.2, 0) is 11.2 Å². The number of aryl methyl sites for hydroxylation is 2. The molecule has 23 heavy (non-hydrogen) atoms. The molecule has 2 aromatic rings. The van der Waals surface area contributed by atoms with Gasteiger partial charge >= 0.3 is 0 Å². The maximum Gasteiger partial charge on any atom is 0.151 e. The fraction of sp³-hybridized carbons (Fsp3) is 0.250. The van der Waals surface area contributed by atoms with Gasteiger partial charge in [0.1, 0.15) is 17.3 Å². The first-order chi connectivity index (χ1) is 10.9. The number of carbonyl (C=O) groups excluding carboxylic acids is 1. The van der Waals surface area contributed by atoms with E-state index in [4.69, 9.17) is 4.42 Å². The summed E-state index contributed by atoms with van der Waals surface area (Å²) >= 11 is 0. The zero-order valence-electron chi connectivity index (χ0n) is 12.7. The first kappa shape index (κ1) is 16.7. The Labute approximate surface area is 131 Å². The van der Waals surface area contributed by atoms with Crippen LogP contribution in [0.4, 0.5) is 14.5 Å². The molecule has 7 heteroatoms. The molecule has 0 amide bonds. The maximum absolute atomic E-state index is 13.5. The number of carboxylic acids is 1. The third kappa shape index (κ3) is 4.38. The number of hydrazone groups is 1. The lowest BCUT2D eigenvalue weighted by atomic mass is 10.1. The van der Waals surface area contributed by atoms with Crippen LogP contribution in [0.3, 0.4) is 0 Å². The van der Waals surface area contributed by atoms with Crippen molar-refractivity contribution in [3.05, 3.63) is 53.0 Å². The SMILES string of the molecule is C/C(=N/Nc1ccc(F)cc1F)c1cc(CCC(=O)[O-])oc1C. The number of furan rings is 1. The Hall–Kier alpha value is -2.70. The molecule has 5 nitrogen and oxygen atoms in total. The summed E-state index contributed by atoms with van der Waals surface area (Å²) in [6, 6.07) is 4.81. The quantitative estimate of drug-likeness (QED) is 0.654. The summed E-state index contributed by atoms with van der Waals surface area (Å²) in [6.45, 7) is 3.41. The topological polar surface area (TPSA) is 77.7 Å². The zero-order chi connectivity index (χ0) is 17.0. The Kier molecular flexibility index (Phi) is 5.10. The number of hydrogen-bond acceptors (Lipinski definition) is 5. The molecule has 0 spiro atoms. The van der Waals surface area contributed by atoms with Gasteiger partial charge in [0.15, 0.2) is 5.82 Å². The number of aliphatic carboxylic acids is 1. The van der Waals surface area contributed by atoms with Gasteiger partial charge in [0.05, 0.1) is 11.4 Å². The van der Waals surface area contributed by atoms with Crippen molar-refractivity contribution in [3.63, 3.8) is 0 Å². The zero-order valence-corrected chi connectivity index (χ0v) is 12.7. The number of carboxylic acid groups (broad SMARTS) is 1. The molecule has 0 saturated carbocycles. The second kappa shape index (κ2) is 7.04. The lowest BCUT2D eigenvalue weighted by molar-refractivity contribution is -0.305. The van der Waals surface area contributed by atoms with Crippen LogP contribution in [0.25, 0.3) is 0 Å². The summed E-state index contributed by atoms with van der Waals surface area (Å²) in [4.78, 5) is 10.5. The van der Waals surface area contributed by atoms with E-state index in [1.807, 2.05) is 0 Å². The molecule has 0 aliphatic rings. The second-order valence-electron chi connectivity index (χ2n) is 4.99. The van der Waals surface area contributed by atoms with Gasteiger partial charge in [0, 0.05) is 24.0 Å². The van der Waals surface area contributed by atoms with Crippen LogP contribution in [0.5, 0.6) is 0 Å². The van der Waals surface area contributed by atoms with Gasteiger partial charge in [-0.25, -0.2) is 8.78 Å². The number of rotatable bonds is 6. The van der Waals surface area contributed by atoms with Gasteiger partial charge < -0.3 is 14.3 Å². The van der Waals surface area contributed by atoms with E-state index in [1.165, 1.54) is 6.07 Å². The van der Waals surface area contributed by atoms with Crippen LogP contribution in [0, 0.1) is 18.6 Å². The first-order valence-electron chi connectivity index (χ1n) is 6.91. The third-order valence-electron chi connectivity index (χ3n) is 3.21. The van der Waals surface area contributed by atoms with Gasteiger partial charge in [-0.2, -0.15) is 5.10 Å². The average Bonchev–Trinajstić information content (AvgIpc) is 2.85. The van der Waals surface area contributed by atoms with E-state index in [2.05, 4.69) is 10.5 Å². The molecule has 0 bridgehead atoms. The van der Waals surface area contributed by atoms with Crippen LogP contribution < -0.4 is 10.5 Å². The highest BCUT2D eigenvalue weighted by Gasteiger charge is 2.11. The number of halogens is 2. The lowest BCUT2D eigenvalue weighted by Gasteiger charge is -2.04. The summed E-state index contributed by atoms with van der Waals surface area (Å²) in [6.07, 6.45) is 0.0814. The van der Waals surface area contributed by atoms with Gasteiger partial charge in [-0.15, -0.1) is 0 Å². The largest absolute Gasteiger partial charge is 0.550 e. The number of anilines is 1. The van der Waals surface area contributed by atoms with Crippen molar-refractivity contribution in [2.75, 3.05) is 5.43 Å².